The maximum absolute atomic E-state index is 12.5. The van der Waals surface area contributed by atoms with Gasteiger partial charge in [-0.15, -0.1) is 0 Å². The van der Waals surface area contributed by atoms with Crippen LogP contribution in [0.1, 0.15) is 48.2 Å². The predicted octanol–water partition coefficient (Wildman–Crippen LogP) is 6.77. The first kappa shape index (κ1) is 34.7. The molecule has 0 N–H and O–H groups in total. The number of morpholine rings is 1. The first-order valence-electron chi connectivity index (χ1n) is 16.2. The number of nitrogens with zero attached hydrogens (tertiary/aromatic N) is 4. The second kappa shape index (κ2) is 16.0. The number of aryl methyl sites for hydroxylation is 2. The van der Waals surface area contributed by atoms with Gasteiger partial charge in [0.1, 0.15) is 11.5 Å². The summed E-state index contributed by atoms with van der Waals surface area (Å²) in [5.41, 5.74) is 6.38. The van der Waals surface area contributed by atoms with E-state index >= 15 is 0 Å². The highest BCUT2D eigenvalue weighted by Gasteiger charge is 2.30. The van der Waals surface area contributed by atoms with Crippen LogP contribution in [0.4, 0.5) is 0 Å². The molecule has 0 atom stereocenters. The van der Waals surface area contributed by atoms with Crippen LogP contribution in [0.5, 0.6) is 11.5 Å². The largest absolute Gasteiger partial charge is 0.457 e. The third kappa shape index (κ3) is 9.04. The third-order valence-electron chi connectivity index (χ3n) is 8.21. The Morgan fingerprint density at radius 3 is 2.28 bits per heavy atom. The van der Waals surface area contributed by atoms with E-state index in [1.165, 1.54) is 16.1 Å². The van der Waals surface area contributed by atoms with E-state index in [2.05, 4.69) is 21.4 Å². The van der Waals surface area contributed by atoms with Gasteiger partial charge in [0.05, 0.1) is 30.2 Å². The SMILES string of the molecule is CC.Cc1ccc(Oc2ccc(C#Cc3cc(-c4nn(CCCN5CCOCC5)c5c4CN(S(C)(=O)=O)CC5)ccc3Cl)cc2)cc1. The van der Waals surface area contributed by atoms with E-state index in [9.17, 15) is 8.42 Å². The van der Waals surface area contributed by atoms with Gasteiger partial charge in [-0.2, -0.15) is 9.40 Å². The highest BCUT2D eigenvalue weighted by Crippen LogP contribution is 2.33. The summed E-state index contributed by atoms with van der Waals surface area (Å²) in [4.78, 5) is 2.42. The molecule has 2 aliphatic rings. The molecule has 0 unspecified atom stereocenters. The summed E-state index contributed by atoms with van der Waals surface area (Å²) in [5.74, 6) is 7.96. The Morgan fingerprint density at radius 2 is 1.60 bits per heavy atom. The van der Waals surface area contributed by atoms with E-state index < -0.39 is 10.0 Å². The lowest BCUT2D eigenvalue weighted by Gasteiger charge is -2.27. The fourth-order valence-corrected chi connectivity index (χ4v) is 6.64. The van der Waals surface area contributed by atoms with E-state index in [1.807, 2.05) is 87.5 Å². The van der Waals surface area contributed by atoms with Gasteiger partial charge in [0, 0.05) is 73.6 Å². The quantitative estimate of drug-likeness (QED) is 0.192. The Balaban J connectivity index is 0.00000213. The molecule has 8 nitrogen and oxygen atoms in total. The molecule has 3 aromatic carbocycles. The highest BCUT2D eigenvalue weighted by molar-refractivity contribution is 7.88. The lowest BCUT2D eigenvalue weighted by molar-refractivity contribution is 0.0368. The predicted molar refractivity (Wildman–Crippen MR) is 189 cm³/mol. The van der Waals surface area contributed by atoms with Gasteiger partial charge in [0.15, 0.2) is 0 Å². The van der Waals surface area contributed by atoms with Crippen molar-refractivity contribution in [2.75, 3.05) is 45.6 Å². The van der Waals surface area contributed by atoms with Crippen LogP contribution >= 0.6 is 11.6 Å². The monoisotopic (exact) mass is 674 g/mol. The number of halogens is 1. The van der Waals surface area contributed by atoms with Crippen LogP contribution in [-0.2, 0) is 34.3 Å². The zero-order chi connectivity index (χ0) is 33.4. The van der Waals surface area contributed by atoms with Crippen molar-refractivity contribution in [3.05, 3.63) is 99.7 Å². The van der Waals surface area contributed by atoms with Gasteiger partial charge >= 0.3 is 0 Å². The van der Waals surface area contributed by atoms with Crippen molar-refractivity contribution in [1.29, 1.82) is 0 Å². The number of hydrogen-bond acceptors (Lipinski definition) is 6. The molecule has 1 saturated heterocycles. The van der Waals surface area contributed by atoms with Crippen LogP contribution < -0.4 is 4.74 Å². The Hall–Kier alpha value is -3.65. The van der Waals surface area contributed by atoms with Gasteiger partial charge in [-0.25, -0.2) is 8.42 Å². The smallest absolute Gasteiger partial charge is 0.211 e. The van der Waals surface area contributed by atoms with E-state index in [-0.39, 0.29) is 0 Å². The maximum atomic E-state index is 12.5. The third-order valence-corrected chi connectivity index (χ3v) is 9.79. The van der Waals surface area contributed by atoms with Gasteiger partial charge in [-0.1, -0.05) is 61.1 Å². The molecule has 2 aliphatic heterocycles. The first-order chi connectivity index (χ1) is 22.7. The molecule has 0 radical (unpaired) electrons. The van der Waals surface area contributed by atoms with E-state index in [0.717, 1.165) is 85.4 Å². The Labute approximate surface area is 284 Å². The van der Waals surface area contributed by atoms with Gasteiger partial charge < -0.3 is 9.47 Å². The summed E-state index contributed by atoms with van der Waals surface area (Å²) in [6.45, 7) is 12.0. The summed E-state index contributed by atoms with van der Waals surface area (Å²) in [6.07, 6.45) is 2.84. The van der Waals surface area contributed by atoms with Crippen LogP contribution in [0, 0.1) is 18.8 Å². The zero-order valence-corrected chi connectivity index (χ0v) is 29.2. The summed E-state index contributed by atoms with van der Waals surface area (Å²) >= 11 is 6.60. The number of aromatic nitrogens is 2. The summed E-state index contributed by atoms with van der Waals surface area (Å²) in [5, 5.41) is 5.59. The van der Waals surface area contributed by atoms with Crippen molar-refractivity contribution in [1.82, 2.24) is 19.0 Å². The number of rotatable bonds is 8. The van der Waals surface area contributed by atoms with Crippen molar-refractivity contribution in [2.24, 2.45) is 0 Å². The van der Waals surface area contributed by atoms with Crippen LogP contribution in [-0.4, -0.2) is 73.1 Å². The molecule has 6 rings (SSSR count). The fraction of sp³-hybridized carbons (Fsp3) is 0.378. The lowest BCUT2D eigenvalue weighted by Crippen LogP contribution is -2.37. The maximum Gasteiger partial charge on any atom is 0.211 e. The molecule has 1 aromatic heterocycles. The highest BCUT2D eigenvalue weighted by atomic mass is 35.5. The molecule has 0 aliphatic carbocycles. The molecular formula is C37H43ClN4O4S. The van der Waals surface area contributed by atoms with Gasteiger partial charge in [0.25, 0.3) is 0 Å². The van der Waals surface area contributed by atoms with Gasteiger partial charge in [-0.3, -0.25) is 9.58 Å². The van der Waals surface area contributed by atoms with Crippen LogP contribution in [0.15, 0.2) is 66.7 Å². The van der Waals surface area contributed by atoms with E-state index in [0.29, 0.717) is 30.1 Å². The van der Waals surface area contributed by atoms with Crippen molar-refractivity contribution in [3.8, 4) is 34.6 Å². The molecular weight excluding hydrogens is 632 g/mol. The molecule has 248 valence electrons. The molecule has 3 heterocycles. The first-order valence-corrected chi connectivity index (χ1v) is 18.5. The van der Waals surface area contributed by atoms with Crippen molar-refractivity contribution in [2.45, 2.75) is 46.7 Å². The van der Waals surface area contributed by atoms with E-state index in [4.69, 9.17) is 26.2 Å². The van der Waals surface area contributed by atoms with Crippen LogP contribution in [0.2, 0.25) is 5.02 Å². The minimum atomic E-state index is -3.34. The standard InChI is InChI=1S/C35H37ClN4O4S.C2H6/c1-26-4-11-30(12-5-26)44-31-13-7-27(8-14-31)6-9-28-24-29(10-15-33(28)36)35-32-25-39(45(2,41)42)19-16-34(32)40(37-35)18-3-17-38-20-22-43-23-21-38;1-2/h4-5,7-8,10-15,24H,3,16-23,25H2,1-2H3;1-2H3. The van der Waals surface area contributed by atoms with E-state index in [1.54, 1.807) is 0 Å². The molecule has 1 fully saturated rings. The second-order valence-corrected chi connectivity index (χ2v) is 13.9. The summed E-state index contributed by atoms with van der Waals surface area (Å²) in [6, 6.07) is 21.3. The van der Waals surface area contributed by atoms with Gasteiger partial charge in [0.2, 0.25) is 10.0 Å². The number of hydrogen-bond donors (Lipinski definition) is 0. The van der Waals surface area contributed by atoms with Crippen molar-refractivity contribution < 1.29 is 17.9 Å². The van der Waals surface area contributed by atoms with Crippen molar-refractivity contribution >= 4 is 21.6 Å². The number of sulfonamides is 1. The minimum Gasteiger partial charge on any atom is -0.457 e. The average molecular weight is 675 g/mol. The molecule has 47 heavy (non-hydrogen) atoms. The number of ether oxygens (including phenoxy) is 2. The Bertz CT molecular complexity index is 1820. The Morgan fingerprint density at radius 1 is 0.915 bits per heavy atom. The van der Waals surface area contributed by atoms with Crippen LogP contribution in [0.25, 0.3) is 11.3 Å². The molecule has 4 aromatic rings. The number of fused-ring (bicyclic) bond motifs is 1. The fourth-order valence-electron chi connectivity index (χ4n) is 5.69. The van der Waals surface area contributed by atoms with Crippen molar-refractivity contribution in [3.63, 3.8) is 0 Å². The normalized spacial score (nSPS) is 15.2. The Kier molecular flexibility index (Phi) is 11.8. The topological polar surface area (TPSA) is 76.9 Å². The van der Waals surface area contributed by atoms with Crippen LogP contribution in [0.3, 0.4) is 0 Å². The second-order valence-electron chi connectivity index (χ2n) is 11.5. The molecule has 0 spiro atoms. The number of benzene rings is 3. The molecule has 0 amide bonds. The summed E-state index contributed by atoms with van der Waals surface area (Å²) < 4.78 is 40.0. The molecule has 10 heteroatoms. The molecule has 0 saturated carbocycles. The lowest BCUT2D eigenvalue weighted by atomic mass is 10.0. The molecule has 0 bridgehead atoms. The summed E-state index contributed by atoms with van der Waals surface area (Å²) in [7, 11) is -3.34. The minimum absolute atomic E-state index is 0.299. The zero-order valence-electron chi connectivity index (χ0n) is 27.6. The average Bonchev–Trinajstić information content (AvgIpc) is 3.45. The van der Waals surface area contributed by atoms with Gasteiger partial charge in [-0.05, 0) is 61.9 Å².